The number of halogens is 1. The van der Waals surface area contributed by atoms with Crippen LogP contribution in [0, 0.1) is 11.2 Å². The van der Waals surface area contributed by atoms with E-state index < -0.39 is 17.6 Å². The van der Waals surface area contributed by atoms with Crippen molar-refractivity contribution in [2.75, 3.05) is 19.5 Å². The van der Waals surface area contributed by atoms with Crippen LogP contribution in [0.5, 0.6) is 11.5 Å². The lowest BCUT2D eigenvalue weighted by molar-refractivity contribution is -0.118. The van der Waals surface area contributed by atoms with Gasteiger partial charge in [0.2, 0.25) is 0 Å². The molecule has 0 aromatic heterocycles. The van der Waals surface area contributed by atoms with Crippen LogP contribution in [0.2, 0.25) is 0 Å². The van der Waals surface area contributed by atoms with E-state index in [9.17, 15) is 14.0 Å². The molecule has 0 saturated heterocycles. The number of ketones is 1. The standard InChI is InChI=1S/C27H29FN2O4/c1-15-22(26(32)30-17-9-6-8-16(28)12-17)23(18-10-7-11-21(33-4)25(18)34-5)24-19(29-15)13-27(2,3)14-20(24)31/h6-12,23,29H,13-14H2,1-5H3,(H,30,32). The number of hydrogen-bond acceptors (Lipinski definition) is 5. The molecule has 1 atom stereocenters. The van der Waals surface area contributed by atoms with Crippen LogP contribution in [0.1, 0.15) is 45.1 Å². The van der Waals surface area contributed by atoms with Gasteiger partial charge in [-0.15, -0.1) is 0 Å². The van der Waals surface area contributed by atoms with Gasteiger partial charge < -0.3 is 20.1 Å². The zero-order valence-electron chi connectivity index (χ0n) is 20.0. The minimum atomic E-state index is -0.668. The zero-order chi connectivity index (χ0) is 24.6. The number of Topliss-reactive ketones (excluding diaryl/α,β-unsaturated/α-hetero) is 1. The van der Waals surface area contributed by atoms with Crippen LogP contribution in [0.15, 0.2) is 65.0 Å². The lowest BCUT2D eigenvalue weighted by Crippen LogP contribution is -2.39. The number of ether oxygens (including phenoxy) is 2. The highest BCUT2D eigenvalue weighted by Crippen LogP contribution is 2.50. The summed E-state index contributed by atoms with van der Waals surface area (Å²) in [6, 6.07) is 11.1. The number of benzene rings is 2. The molecule has 178 valence electrons. The molecule has 2 aromatic carbocycles. The average molecular weight is 465 g/mol. The Hall–Kier alpha value is -3.61. The maximum Gasteiger partial charge on any atom is 0.254 e. The molecule has 6 nitrogen and oxygen atoms in total. The Morgan fingerprint density at radius 1 is 1.12 bits per heavy atom. The van der Waals surface area contributed by atoms with Crippen molar-refractivity contribution >= 4 is 17.4 Å². The molecule has 0 fully saturated rings. The van der Waals surface area contributed by atoms with E-state index in [1.54, 1.807) is 19.2 Å². The third-order valence-electron chi connectivity index (χ3n) is 6.31. The summed E-state index contributed by atoms with van der Waals surface area (Å²) in [7, 11) is 3.08. The van der Waals surface area contributed by atoms with Crippen molar-refractivity contribution in [3.8, 4) is 11.5 Å². The summed E-state index contributed by atoms with van der Waals surface area (Å²) >= 11 is 0. The molecule has 1 unspecified atom stereocenters. The fraction of sp³-hybridized carbons (Fsp3) is 0.333. The van der Waals surface area contributed by atoms with E-state index in [4.69, 9.17) is 9.47 Å². The number of anilines is 1. The third kappa shape index (κ3) is 4.30. The molecule has 0 spiro atoms. The van der Waals surface area contributed by atoms with E-state index in [0.29, 0.717) is 52.4 Å². The summed E-state index contributed by atoms with van der Waals surface area (Å²) in [5.74, 6) is -0.590. The lowest BCUT2D eigenvalue weighted by Gasteiger charge is -2.40. The number of hydrogen-bond donors (Lipinski definition) is 2. The van der Waals surface area contributed by atoms with Crippen molar-refractivity contribution in [2.45, 2.75) is 39.5 Å². The summed E-state index contributed by atoms with van der Waals surface area (Å²) in [5.41, 5.74) is 3.17. The molecule has 1 heterocycles. The van der Waals surface area contributed by atoms with Gasteiger partial charge in [0.25, 0.3) is 5.91 Å². The molecular weight excluding hydrogens is 435 g/mol. The van der Waals surface area contributed by atoms with E-state index in [0.717, 1.165) is 5.70 Å². The fourth-order valence-electron chi connectivity index (χ4n) is 4.95. The Balaban J connectivity index is 1.89. The van der Waals surface area contributed by atoms with Gasteiger partial charge in [0, 0.05) is 40.2 Å². The molecular formula is C27H29FN2O4. The van der Waals surface area contributed by atoms with Crippen LogP contribution in [0.4, 0.5) is 10.1 Å². The monoisotopic (exact) mass is 464 g/mol. The maximum atomic E-state index is 13.7. The third-order valence-corrected chi connectivity index (χ3v) is 6.31. The Labute approximate surface area is 198 Å². The number of methoxy groups -OCH3 is 2. The van der Waals surface area contributed by atoms with E-state index >= 15 is 0 Å². The van der Waals surface area contributed by atoms with Crippen molar-refractivity contribution in [1.29, 1.82) is 0 Å². The highest BCUT2D eigenvalue weighted by molar-refractivity contribution is 6.10. The van der Waals surface area contributed by atoms with Crippen LogP contribution in [0.25, 0.3) is 0 Å². The van der Waals surface area contributed by atoms with Gasteiger partial charge in [-0.05, 0) is 43.0 Å². The van der Waals surface area contributed by atoms with Gasteiger partial charge in [0.1, 0.15) is 5.82 Å². The number of nitrogens with one attached hydrogen (secondary N) is 2. The van der Waals surface area contributed by atoms with Crippen molar-refractivity contribution in [2.24, 2.45) is 5.41 Å². The number of para-hydroxylation sites is 1. The van der Waals surface area contributed by atoms with E-state index in [-0.39, 0.29) is 11.2 Å². The molecule has 7 heteroatoms. The molecule has 0 radical (unpaired) electrons. The van der Waals surface area contributed by atoms with Gasteiger partial charge in [-0.1, -0.05) is 32.0 Å². The first-order valence-electron chi connectivity index (χ1n) is 11.2. The number of rotatable bonds is 5. The van der Waals surface area contributed by atoms with E-state index in [1.807, 2.05) is 19.1 Å². The number of carbonyl (C=O) groups excluding carboxylic acids is 2. The fourth-order valence-corrected chi connectivity index (χ4v) is 4.95. The Morgan fingerprint density at radius 3 is 2.53 bits per heavy atom. The molecule has 2 aliphatic rings. The Bertz CT molecular complexity index is 1230. The second-order valence-electron chi connectivity index (χ2n) is 9.48. The van der Waals surface area contributed by atoms with E-state index in [1.165, 1.54) is 25.3 Å². The largest absolute Gasteiger partial charge is 0.493 e. The van der Waals surface area contributed by atoms with Crippen LogP contribution in [-0.2, 0) is 9.59 Å². The van der Waals surface area contributed by atoms with E-state index in [2.05, 4.69) is 24.5 Å². The quantitative estimate of drug-likeness (QED) is 0.645. The summed E-state index contributed by atoms with van der Waals surface area (Å²) in [6.07, 6.45) is 1.04. The van der Waals surface area contributed by atoms with Crippen molar-refractivity contribution < 1.29 is 23.5 Å². The first-order chi connectivity index (χ1) is 16.1. The summed E-state index contributed by atoms with van der Waals surface area (Å²) in [4.78, 5) is 27.1. The molecule has 1 aliphatic carbocycles. The van der Waals surface area contributed by atoms with Gasteiger partial charge in [-0.3, -0.25) is 9.59 Å². The second-order valence-corrected chi connectivity index (χ2v) is 9.48. The average Bonchev–Trinajstić information content (AvgIpc) is 2.76. The van der Waals surface area contributed by atoms with Crippen LogP contribution in [0.3, 0.4) is 0 Å². The number of dihydropyridines is 1. The van der Waals surface area contributed by atoms with Gasteiger partial charge in [-0.2, -0.15) is 0 Å². The Kier molecular flexibility index (Phi) is 6.21. The molecule has 34 heavy (non-hydrogen) atoms. The molecule has 0 bridgehead atoms. The van der Waals surface area contributed by atoms with Crippen LogP contribution < -0.4 is 20.1 Å². The summed E-state index contributed by atoms with van der Waals surface area (Å²) in [6.45, 7) is 5.93. The molecule has 4 rings (SSSR count). The zero-order valence-corrected chi connectivity index (χ0v) is 20.0. The maximum absolute atomic E-state index is 13.7. The first-order valence-corrected chi connectivity index (χ1v) is 11.2. The molecule has 2 aromatic rings. The van der Waals surface area contributed by atoms with Crippen molar-refractivity contribution in [3.05, 3.63) is 76.4 Å². The van der Waals surface area contributed by atoms with Gasteiger partial charge in [0.05, 0.1) is 20.1 Å². The molecule has 1 amide bonds. The minimum absolute atomic E-state index is 0.0165. The molecule has 2 N–H and O–H groups in total. The minimum Gasteiger partial charge on any atom is -0.493 e. The van der Waals surface area contributed by atoms with Crippen molar-refractivity contribution in [1.82, 2.24) is 5.32 Å². The summed E-state index contributed by atoms with van der Waals surface area (Å²) < 4.78 is 24.9. The SMILES string of the molecule is COc1cccc(C2C(C(=O)Nc3cccc(F)c3)=C(C)NC3=C2C(=O)CC(C)(C)C3)c1OC. The molecule has 0 saturated carbocycles. The predicted octanol–water partition coefficient (Wildman–Crippen LogP) is 5.09. The number of amides is 1. The summed E-state index contributed by atoms with van der Waals surface area (Å²) in [5, 5.41) is 6.12. The van der Waals surface area contributed by atoms with Gasteiger partial charge in [-0.25, -0.2) is 4.39 Å². The molecule has 1 aliphatic heterocycles. The first kappa shape index (κ1) is 23.5. The van der Waals surface area contributed by atoms with Crippen LogP contribution in [-0.4, -0.2) is 25.9 Å². The van der Waals surface area contributed by atoms with Crippen molar-refractivity contribution in [3.63, 3.8) is 0 Å². The highest BCUT2D eigenvalue weighted by atomic mass is 19.1. The highest BCUT2D eigenvalue weighted by Gasteiger charge is 2.43. The Morgan fingerprint density at radius 2 is 1.85 bits per heavy atom. The smallest absolute Gasteiger partial charge is 0.254 e. The number of allylic oxidation sites excluding steroid dienone is 3. The second kappa shape index (κ2) is 8.97. The number of carbonyl (C=O) groups is 2. The van der Waals surface area contributed by atoms with Gasteiger partial charge >= 0.3 is 0 Å². The van der Waals surface area contributed by atoms with Crippen LogP contribution >= 0.6 is 0 Å². The topological polar surface area (TPSA) is 76.7 Å². The van der Waals surface area contributed by atoms with Gasteiger partial charge in [0.15, 0.2) is 17.3 Å². The normalized spacial score (nSPS) is 19.4. The lowest BCUT2D eigenvalue weighted by atomic mass is 9.68. The predicted molar refractivity (Wildman–Crippen MR) is 128 cm³/mol.